The summed E-state index contributed by atoms with van der Waals surface area (Å²) in [7, 11) is 1.83. The molecule has 2 aromatic heterocycles. The van der Waals surface area contributed by atoms with Crippen molar-refractivity contribution in [1.29, 1.82) is 0 Å². The Morgan fingerprint density at radius 2 is 2.19 bits per heavy atom. The summed E-state index contributed by atoms with van der Waals surface area (Å²) in [5.74, 6) is 0.0156. The second kappa shape index (κ2) is 7.07. The SMILES string of the molecule is Cn1ccc(C(=O)N2CCCC3(COCCN(c4cccnc4)C3)C2)n1. The second-order valence-corrected chi connectivity index (χ2v) is 7.39. The van der Waals surface area contributed by atoms with Crippen molar-refractivity contribution in [1.82, 2.24) is 19.7 Å². The molecule has 0 radical (unpaired) electrons. The molecule has 0 aromatic carbocycles. The molecule has 4 heterocycles. The van der Waals surface area contributed by atoms with Gasteiger partial charge >= 0.3 is 0 Å². The molecule has 138 valence electrons. The molecule has 2 fully saturated rings. The van der Waals surface area contributed by atoms with Gasteiger partial charge in [0.05, 0.1) is 25.1 Å². The topological polar surface area (TPSA) is 63.5 Å². The molecule has 7 nitrogen and oxygen atoms in total. The van der Waals surface area contributed by atoms with Crippen LogP contribution in [-0.2, 0) is 11.8 Å². The van der Waals surface area contributed by atoms with Crippen LogP contribution in [0.1, 0.15) is 23.3 Å². The maximum atomic E-state index is 12.9. The highest BCUT2D eigenvalue weighted by Crippen LogP contribution is 2.34. The molecular formula is C19H25N5O2. The van der Waals surface area contributed by atoms with E-state index in [1.54, 1.807) is 16.9 Å². The minimum Gasteiger partial charge on any atom is -0.379 e. The number of pyridine rings is 1. The van der Waals surface area contributed by atoms with Crippen molar-refractivity contribution in [3.05, 3.63) is 42.5 Å². The first-order valence-electron chi connectivity index (χ1n) is 9.17. The number of hydrogen-bond donors (Lipinski definition) is 0. The number of carbonyl (C=O) groups is 1. The highest BCUT2D eigenvalue weighted by molar-refractivity contribution is 5.92. The van der Waals surface area contributed by atoms with Crippen LogP contribution in [0.3, 0.4) is 0 Å². The Kier molecular flexibility index (Phi) is 4.63. The van der Waals surface area contributed by atoms with Gasteiger partial charge in [-0.3, -0.25) is 14.5 Å². The smallest absolute Gasteiger partial charge is 0.274 e. The molecule has 0 saturated carbocycles. The van der Waals surface area contributed by atoms with Crippen molar-refractivity contribution < 1.29 is 9.53 Å². The molecule has 4 rings (SSSR count). The first-order valence-corrected chi connectivity index (χ1v) is 9.17. The number of aryl methyl sites for hydroxylation is 1. The van der Waals surface area contributed by atoms with E-state index in [0.29, 0.717) is 25.5 Å². The number of aromatic nitrogens is 3. The van der Waals surface area contributed by atoms with E-state index in [2.05, 4.69) is 21.0 Å². The molecule has 7 heteroatoms. The van der Waals surface area contributed by atoms with E-state index in [-0.39, 0.29) is 11.3 Å². The molecule has 0 N–H and O–H groups in total. The zero-order valence-corrected chi connectivity index (χ0v) is 15.2. The van der Waals surface area contributed by atoms with Crippen LogP contribution in [0, 0.1) is 5.41 Å². The van der Waals surface area contributed by atoms with Gasteiger partial charge in [-0.25, -0.2) is 0 Å². The highest BCUT2D eigenvalue weighted by atomic mass is 16.5. The molecular weight excluding hydrogens is 330 g/mol. The number of amides is 1. The van der Waals surface area contributed by atoms with Crippen molar-refractivity contribution in [2.24, 2.45) is 12.5 Å². The molecule has 2 saturated heterocycles. The van der Waals surface area contributed by atoms with Crippen LogP contribution >= 0.6 is 0 Å². The van der Waals surface area contributed by atoms with Crippen LogP contribution in [0.2, 0.25) is 0 Å². The van der Waals surface area contributed by atoms with Gasteiger partial charge in [0.25, 0.3) is 5.91 Å². The Balaban J connectivity index is 1.53. The number of nitrogens with zero attached hydrogens (tertiary/aromatic N) is 5. The number of likely N-dealkylation sites (tertiary alicyclic amines) is 1. The van der Waals surface area contributed by atoms with E-state index in [9.17, 15) is 4.79 Å². The Morgan fingerprint density at radius 1 is 1.27 bits per heavy atom. The van der Waals surface area contributed by atoms with E-state index in [0.717, 1.165) is 38.2 Å². The highest BCUT2D eigenvalue weighted by Gasteiger charge is 2.40. The van der Waals surface area contributed by atoms with Crippen molar-refractivity contribution in [3.8, 4) is 0 Å². The first kappa shape index (κ1) is 17.0. The molecule has 0 aliphatic carbocycles. The fraction of sp³-hybridized carbons (Fsp3) is 0.526. The van der Waals surface area contributed by atoms with Crippen LogP contribution in [0.4, 0.5) is 5.69 Å². The fourth-order valence-corrected chi connectivity index (χ4v) is 4.07. The number of carbonyl (C=O) groups excluding carboxylic acids is 1. The van der Waals surface area contributed by atoms with Crippen LogP contribution in [0.25, 0.3) is 0 Å². The van der Waals surface area contributed by atoms with Crippen molar-refractivity contribution in [2.75, 3.05) is 44.3 Å². The second-order valence-electron chi connectivity index (χ2n) is 7.39. The lowest BCUT2D eigenvalue weighted by atomic mass is 9.80. The van der Waals surface area contributed by atoms with E-state index in [1.807, 2.05) is 30.4 Å². The van der Waals surface area contributed by atoms with Crippen molar-refractivity contribution in [2.45, 2.75) is 12.8 Å². The predicted molar refractivity (Wildman–Crippen MR) is 98.0 cm³/mol. The molecule has 0 bridgehead atoms. The van der Waals surface area contributed by atoms with Crippen LogP contribution in [0.5, 0.6) is 0 Å². The standard InChI is InChI=1S/C19H25N5O2/c1-22-9-5-17(21-22)18(25)24-8-3-6-19(14-24)13-23(10-11-26-15-19)16-4-2-7-20-12-16/h2,4-5,7,9,12H,3,6,8,10-11,13-15H2,1H3. The number of rotatable bonds is 2. The molecule has 1 unspecified atom stereocenters. The number of anilines is 1. The summed E-state index contributed by atoms with van der Waals surface area (Å²) in [6.07, 6.45) is 7.56. The molecule has 26 heavy (non-hydrogen) atoms. The van der Waals surface area contributed by atoms with Crippen LogP contribution < -0.4 is 4.90 Å². The van der Waals surface area contributed by atoms with Crippen molar-refractivity contribution in [3.63, 3.8) is 0 Å². The number of ether oxygens (including phenoxy) is 1. The largest absolute Gasteiger partial charge is 0.379 e. The van der Waals surface area contributed by atoms with E-state index < -0.39 is 0 Å². The zero-order valence-electron chi connectivity index (χ0n) is 15.2. The minimum atomic E-state index is -0.0466. The van der Waals surface area contributed by atoms with Gasteiger partial charge in [0.2, 0.25) is 0 Å². The first-order chi connectivity index (χ1) is 12.7. The summed E-state index contributed by atoms with van der Waals surface area (Å²) >= 11 is 0. The van der Waals surface area contributed by atoms with E-state index in [1.165, 1.54) is 0 Å². The van der Waals surface area contributed by atoms with Gasteiger partial charge in [-0.2, -0.15) is 5.10 Å². The maximum absolute atomic E-state index is 12.9. The van der Waals surface area contributed by atoms with Crippen LogP contribution in [-0.4, -0.2) is 65.0 Å². The van der Waals surface area contributed by atoms with Gasteiger partial charge in [-0.05, 0) is 31.0 Å². The lowest BCUT2D eigenvalue weighted by Crippen LogP contribution is -2.52. The third kappa shape index (κ3) is 3.44. The molecule has 1 spiro atoms. The zero-order chi connectivity index (χ0) is 18.0. The van der Waals surface area contributed by atoms with Gasteiger partial charge in [0, 0.05) is 51.0 Å². The van der Waals surface area contributed by atoms with Gasteiger partial charge in [0.15, 0.2) is 0 Å². The molecule has 2 aliphatic heterocycles. The van der Waals surface area contributed by atoms with Gasteiger partial charge in [0.1, 0.15) is 5.69 Å². The molecule has 1 amide bonds. The molecule has 2 aromatic rings. The minimum absolute atomic E-state index is 0.0156. The lowest BCUT2D eigenvalue weighted by molar-refractivity contribution is 0.0132. The van der Waals surface area contributed by atoms with Crippen molar-refractivity contribution >= 4 is 11.6 Å². The van der Waals surface area contributed by atoms with Gasteiger partial charge in [-0.15, -0.1) is 0 Å². The normalized spacial score (nSPS) is 23.9. The van der Waals surface area contributed by atoms with Crippen LogP contribution in [0.15, 0.2) is 36.8 Å². The average Bonchev–Trinajstić information content (AvgIpc) is 3.00. The summed E-state index contributed by atoms with van der Waals surface area (Å²) < 4.78 is 7.63. The number of hydrogen-bond acceptors (Lipinski definition) is 5. The Labute approximate surface area is 153 Å². The Hall–Kier alpha value is -2.41. The summed E-state index contributed by atoms with van der Waals surface area (Å²) in [4.78, 5) is 21.4. The third-order valence-electron chi connectivity index (χ3n) is 5.33. The van der Waals surface area contributed by atoms with Gasteiger partial charge in [-0.1, -0.05) is 0 Å². The summed E-state index contributed by atoms with van der Waals surface area (Å²) in [5, 5.41) is 4.28. The van der Waals surface area contributed by atoms with E-state index in [4.69, 9.17) is 4.74 Å². The monoisotopic (exact) mass is 355 g/mol. The molecule has 2 aliphatic rings. The lowest BCUT2D eigenvalue weighted by Gasteiger charge is -2.43. The number of piperidine rings is 1. The summed E-state index contributed by atoms with van der Waals surface area (Å²) in [5.41, 5.74) is 1.59. The Morgan fingerprint density at radius 3 is 2.96 bits per heavy atom. The quantitative estimate of drug-likeness (QED) is 0.818. The summed E-state index contributed by atoms with van der Waals surface area (Å²) in [6.45, 7) is 4.61. The van der Waals surface area contributed by atoms with E-state index >= 15 is 0 Å². The third-order valence-corrected chi connectivity index (χ3v) is 5.33. The van der Waals surface area contributed by atoms with Gasteiger partial charge < -0.3 is 14.5 Å². The predicted octanol–water partition coefficient (Wildman–Crippen LogP) is 1.57. The Bertz CT molecular complexity index is 762. The summed E-state index contributed by atoms with van der Waals surface area (Å²) in [6, 6.07) is 5.84. The average molecular weight is 355 g/mol. The fourth-order valence-electron chi connectivity index (χ4n) is 4.07. The maximum Gasteiger partial charge on any atom is 0.274 e. The molecule has 1 atom stereocenters.